The summed E-state index contributed by atoms with van der Waals surface area (Å²) < 4.78 is 0.881. The number of phenolic OH excluding ortho intramolecular Hbond substituents is 1. The zero-order valence-corrected chi connectivity index (χ0v) is 10.3. The Balaban J connectivity index is 2.39. The molecule has 0 saturated heterocycles. The summed E-state index contributed by atoms with van der Waals surface area (Å²) in [5.74, 6) is -0.593. The first kappa shape index (κ1) is 11.5. The molecule has 0 atom stereocenters. The lowest BCUT2D eigenvalue weighted by Gasteiger charge is -2.42. The molecule has 1 aliphatic rings. The second kappa shape index (κ2) is 4.09. The smallest absolute Gasteiger partial charge is 0.304 e. The maximum atomic E-state index is 10.9. The second-order valence-corrected chi connectivity index (χ2v) is 5.22. The summed E-state index contributed by atoms with van der Waals surface area (Å²) in [4.78, 5) is 10.9. The van der Waals surface area contributed by atoms with Gasteiger partial charge in [0.15, 0.2) is 0 Å². The van der Waals surface area contributed by atoms with Crippen LogP contribution in [0.3, 0.4) is 0 Å². The Hall–Kier alpha value is -1.03. The minimum absolute atomic E-state index is 0.134. The number of halogens is 1. The van der Waals surface area contributed by atoms with Crippen molar-refractivity contribution < 1.29 is 15.0 Å². The van der Waals surface area contributed by atoms with Crippen molar-refractivity contribution in [3.8, 4) is 5.75 Å². The maximum absolute atomic E-state index is 10.9. The van der Waals surface area contributed by atoms with E-state index in [0.717, 1.165) is 29.3 Å². The van der Waals surface area contributed by atoms with Crippen molar-refractivity contribution in [3.63, 3.8) is 0 Å². The molecule has 0 amide bonds. The fourth-order valence-electron chi connectivity index (χ4n) is 2.35. The van der Waals surface area contributed by atoms with E-state index in [2.05, 4.69) is 15.9 Å². The molecule has 86 valence electrons. The van der Waals surface area contributed by atoms with Gasteiger partial charge in [0, 0.05) is 9.89 Å². The Bertz CT molecular complexity index is 424. The minimum Gasteiger partial charge on any atom is -0.508 e. The summed E-state index contributed by atoms with van der Waals surface area (Å²) in [7, 11) is 0. The van der Waals surface area contributed by atoms with Crippen molar-refractivity contribution in [2.75, 3.05) is 0 Å². The van der Waals surface area contributed by atoms with E-state index in [-0.39, 0.29) is 17.6 Å². The average molecular weight is 285 g/mol. The van der Waals surface area contributed by atoms with Gasteiger partial charge in [-0.05, 0) is 36.6 Å². The predicted molar refractivity (Wildman–Crippen MR) is 63.6 cm³/mol. The number of carbonyl (C=O) groups is 1. The van der Waals surface area contributed by atoms with Gasteiger partial charge >= 0.3 is 5.97 Å². The van der Waals surface area contributed by atoms with Crippen LogP contribution < -0.4 is 0 Å². The molecule has 4 heteroatoms. The van der Waals surface area contributed by atoms with E-state index < -0.39 is 5.97 Å². The third kappa shape index (κ3) is 1.94. The van der Waals surface area contributed by atoms with E-state index >= 15 is 0 Å². The fraction of sp³-hybridized carbons (Fsp3) is 0.417. The van der Waals surface area contributed by atoms with Crippen LogP contribution in [0.4, 0.5) is 0 Å². The molecule has 1 aromatic rings. The molecule has 0 bridgehead atoms. The van der Waals surface area contributed by atoms with Crippen LogP contribution in [0.15, 0.2) is 22.7 Å². The zero-order valence-electron chi connectivity index (χ0n) is 8.74. The highest BCUT2D eigenvalue weighted by molar-refractivity contribution is 9.10. The van der Waals surface area contributed by atoms with Gasteiger partial charge in [0.2, 0.25) is 0 Å². The van der Waals surface area contributed by atoms with Gasteiger partial charge in [0.1, 0.15) is 5.75 Å². The monoisotopic (exact) mass is 284 g/mol. The number of benzene rings is 1. The van der Waals surface area contributed by atoms with Gasteiger partial charge in [0.25, 0.3) is 0 Å². The Labute approximate surface area is 102 Å². The molecule has 1 fully saturated rings. The van der Waals surface area contributed by atoms with Gasteiger partial charge in [-0.25, -0.2) is 0 Å². The van der Waals surface area contributed by atoms with Gasteiger partial charge in [-0.1, -0.05) is 22.4 Å². The molecule has 0 spiro atoms. The highest BCUT2D eigenvalue weighted by atomic mass is 79.9. The van der Waals surface area contributed by atoms with Crippen molar-refractivity contribution in [1.82, 2.24) is 0 Å². The average Bonchev–Trinajstić information content (AvgIpc) is 2.15. The quantitative estimate of drug-likeness (QED) is 0.897. The third-order valence-electron chi connectivity index (χ3n) is 3.32. The summed E-state index contributed by atoms with van der Waals surface area (Å²) in [6, 6.07) is 5.04. The molecule has 0 radical (unpaired) electrons. The summed E-state index contributed by atoms with van der Waals surface area (Å²) in [6.45, 7) is 0. The lowest BCUT2D eigenvalue weighted by atomic mass is 9.62. The summed E-state index contributed by atoms with van der Waals surface area (Å²) >= 11 is 3.43. The molecule has 16 heavy (non-hydrogen) atoms. The molecular formula is C12H13BrO3. The molecule has 3 nitrogen and oxygen atoms in total. The van der Waals surface area contributed by atoms with Crippen LogP contribution in [0.25, 0.3) is 0 Å². The highest BCUT2D eigenvalue weighted by Crippen LogP contribution is 2.49. The first-order valence-corrected chi connectivity index (χ1v) is 6.04. The first-order chi connectivity index (χ1) is 7.53. The number of hydrogen-bond acceptors (Lipinski definition) is 2. The molecule has 0 aliphatic heterocycles. The molecular weight excluding hydrogens is 272 g/mol. The molecule has 0 unspecified atom stereocenters. The predicted octanol–water partition coefficient (Wildman–Crippen LogP) is 3.05. The molecule has 2 rings (SSSR count). The van der Waals surface area contributed by atoms with Crippen molar-refractivity contribution in [2.24, 2.45) is 0 Å². The Morgan fingerprint density at radius 2 is 2.12 bits per heavy atom. The van der Waals surface area contributed by atoms with Gasteiger partial charge in [0.05, 0.1) is 6.42 Å². The van der Waals surface area contributed by atoms with E-state index in [1.54, 1.807) is 18.2 Å². The lowest BCUT2D eigenvalue weighted by Crippen LogP contribution is -2.36. The zero-order chi connectivity index (χ0) is 11.8. The number of aromatic hydroxyl groups is 1. The second-order valence-electron chi connectivity index (χ2n) is 4.37. The Kier molecular flexibility index (Phi) is 2.93. The van der Waals surface area contributed by atoms with Crippen molar-refractivity contribution in [1.29, 1.82) is 0 Å². The SMILES string of the molecule is O=C(O)CC1(c2cc(O)ccc2Br)CCC1. The number of aliphatic carboxylic acids is 1. The van der Waals surface area contributed by atoms with E-state index in [9.17, 15) is 9.90 Å². The lowest BCUT2D eigenvalue weighted by molar-refractivity contribution is -0.139. The number of carboxylic acids is 1. The highest BCUT2D eigenvalue weighted by Gasteiger charge is 2.41. The number of carboxylic acid groups (broad SMARTS) is 1. The summed E-state index contributed by atoms with van der Waals surface area (Å²) in [5.41, 5.74) is 0.629. The van der Waals surface area contributed by atoms with Crippen molar-refractivity contribution >= 4 is 21.9 Å². The molecule has 0 heterocycles. The topological polar surface area (TPSA) is 57.5 Å². The van der Waals surface area contributed by atoms with Crippen LogP contribution >= 0.6 is 15.9 Å². The normalized spacial score (nSPS) is 17.8. The van der Waals surface area contributed by atoms with E-state index in [4.69, 9.17) is 5.11 Å². The maximum Gasteiger partial charge on any atom is 0.304 e. The summed E-state index contributed by atoms with van der Waals surface area (Å²) in [6.07, 6.45) is 2.94. The summed E-state index contributed by atoms with van der Waals surface area (Å²) in [5, 5.41) is 18.4. The standard InChI is InChI=1S/C12H13BrO3/c13-10-3-2-8(14)6-9(10)12(4-1-5-12)7-11(15)16/h2-3,6,14H,1,4-5,7H2,(H,15,16). The van der Waals surface area contributed by atoms with Crippen molar-refractivity contribution in [3.05, 3.63) is 28.2 Å². The largest absolute Gasteiger partial charge is 0.508 e. The first-order valence-electron chi connectivity index (χ1n) is 5.24. The van der Waals surface area contributed by atoms with E-state index in [1.807, 2.05) is 0 Å². The van der Waals surface area contributed by atoms with Gasteiger partial charge in [-0.3, -0.25) is 4.79 Å². The number of rotatable bonds is 3. The van der Waals surface area contributed by atoms with Crippen LogP contribution in [0, 0.1) is 0 Å². The molecule has 1 aromatic carbocycles. The van der Waals surface area contributed by atoms with Gasteiger partial charge < -0.3 is 10.2 Å². The third-order valence-corrected chi connectivity index (χ3v) is 4.01. The molecule has 0 aromatic heterocycles. The minimum atomic E-state index is -0.782. The molecule has 1 aliphatic carbocycles. The van der Waals surface area contributed by atoms with Crippen LogP contribution in [-0.4, -0.2) is 16.2 Å². The Morgan fingerprint density at radius 1 is 1.44 bits per heavy atom. The van der Waals surface area contributed by atoms with Crippen LogP contribution in [0.5, 0.6) is 5.75 Å². The fourth-order valence-corrected chi connectivity index (χ4v) is 3.02. The van der Waals surface area contributed by atoms with Gasteiger partial charge in [-0.15, -0.1) is 0 Å². The van der Waals surface area contributed by atoms with Crippen LogP contribution in [0.2, 0.25) is 0 Å². The van der Waals surface area contributed by atoms with E-state index in [1.165, 1.54) is 0 Å². The Morgan fingerprint density at radius 3 is 2.62 bits per heavy atom. The van der Waals surface area contributed by atoms with Crippen LogP contribution in [0.1, 0.15) is 31.2 Å². The number of phenols is 1. The number of hydrogen-bond donors (Lipinski definition) is 2. The van der Waals surface area contributed by atoms with Crippen molar-refractivity contribution in [2.45, 2.75) is 31.1 Å². The van der Waals surface area contributed by atoms with E-state index in [0.29, 0.717) is 0 Å². The molecule has 1 saturated carbocycles. The molecule has 2 N–H and O–H groups in total. The van der Waals surface area contributed by atoms with Crippen LogP contribution in [-0.2, 0) is 10.2 Å². The van der Waals surface area contributed by atoms with Gasteiger partial charge in [-0.2, -0.15) is 0 Å².